The fraction of sp³-hybridized carbons (Fsp3) is 0.421. The Morgan fingerprint density at radius 3 is 3.05 bits per heavy atom. The third-order valence-electron chi connectivity index (χ3n) is 4.38. The first-order valence-electron chi connectivity index (χ1n) is 8.28. The number of pyridine rings is 1. The third-order valence-corrected chi connectivity index (χ3v) is 4.38. The van der Waals surface area contributed by atoms with E-state index in [0.29, 0.717) is 5.92 Å². The van der Waals surface area contributed by atoms with E-state index in [1.54, 1.807) is 0 Å². The van der Waals surface area contributed by atoms with E-state index in [1.165, 1.54) is 36.1 Å². The number of hydrogen-bond donors (Lipinski definition) is 2. The van der Waals surface area contributed by atoms with Crippen molar-refractivity contribution in [1.82, 2.24) is 10.3 Å². The van der Waals surface area contributed by atoms with Crippen LogP contribution in [-0.4, -0.2) is 18.1 Å². The molecule has 1 aromatic heterocycles. The highest BCUT2D eigenvalue weighted by atomic mass is 14.9. The Morgan fingerprint density at radius 2 is 2.18 bits per heavy atom. The molecule has 116 valence electrons. The van der Waals surface area contributed by atoms with Gasteiger partial charge >= 0.3 is 0 Å². The minimum absolute atomic E-state index is 0.605. The SMILES string of the molecule is Cc1ccc(NCc2ccccn2)c([C@H]2CCCCNC2)c1. The first-order chi connectivity index (χ1) is 10.8. The van der Waals surface area contributed by atoms with E-state index in [1.807, 2.05) is 18.3 Å². The average Bonchev–Trinajstić information content (AvgIpc) is 2.84. The van der Waals surface area contributed by atoms with Gasteiger partial charge in [0.15, 0.2) is 0 Å². The van der Waals surface area contributed by atoms with Crippen LogP contribution >= 0.6 is 0 Å². The lowest BCUT2D eigenvalue weighted by Gasteiger charge is -2.20. The molecule has 0 aliphatic carbocycles. The minimum Gasteiger partial charge on any atom is -0.379 e. The standard InChI is InChI=1S/C19H25N3/c1-15-8-9-19(22-14-17-7-3-5-11-21-17)18(12-15)16-6-2-4-10-20-13-16/h3,5,7-9,11-12,16,20,22H,2,4,6,10,13-14H2,1H3/t16-/m0/s1. The summed E-state index contributed by atoms with van der Waals surface area (Å²) in [7, 11) is 0. The monoisotopic (exact) mass is 295 g/mol. The van der Waals surface area contributed by atoms with Gasteiger partial charge in [-0.2, -0.15) is 0 Å². The van der Waals surface area contributed by atoms with Crippen molar-refractivity contribution in [2.45, 2.75) is 38.6 Å². The lowest BCUT2D eigenvalue weighted by molar-refractivity contribution is 0.610. The molecule has 0 unspecified atom stereocenters. The summed E-state index contributed by atoms with van der Waals surface area (Å²) in [4.78, 5) is 4.39. The van der Waals surface area contributed by atoms with Gasteiger partial charge in [-0.25, -0.2) is 0 Å². The summed E-state index contributed by atoms with van der Waals surface area (Å²) >= 11 is 0. The largest absolute Gasteiger partial charge is 0.379 e. The summed E-state index contributed by atoms with van der Waals surface area (Å²) in [6, 6.07) is 12.8. The molecular formula is C19H25N3. The van der Waals surface area contributed by atoms with Crippen molar-refractivity contribution in [2.75, 3.05) is 18.4 Å². The van der Waals surface area contributed by atoms with E-state index in [0.717, 1.165) is 25.3 Å². The van der Waals surface area contributed by atoms with Gasteiger partial charge in [-0.05, 0) is 56.0 Å². The Kier molecular flexibility index (Phi) is 5.07. The number of aryl methyl sites for hydroxylation is 1. The molecule has 2 heterocycles. The number of aromatic nitrogens is 1. The number of benzene rings is 1. The maximum atomic E-state index is 4.39. The van der Waals surface area contributed by atoms with E-state index in [4.69, 9.17) is 0 Å². The van der Waals surface area contributed by atoms with Crippen LogP contribution in [0.1, 0.15) is 42.0 Å². The van der Waals surface area contributed by atoms with Gasteiger partial charge in [0, 0.05) is 18.4 Å². The van der Waals surface area contributed by atoms with Crippen molar-refractivity contribution in [3.63, 3.8) is 0 Å². The number of nitrogens with zero attached hydrogens (tertiary/aromatic N) is 1. The zero-order valence-corrected chi connectivity index (χ0v) is 13.3. The lowest BCUT2D eigenvalue weighted by Crippen LogP contribution is -2.20. The van der Waals surface area contributed by atoms with Crippen LogP contribution in [-0.2, 0) is 6.54 Å². The highest BCUT2D eigenvalue weighted by Crippen LogP contribution is 2.30. The summed E-state index contributed by atoms with van der Waals surface area (Å²) in [6.07, 6.45) is 5.72. The zero-order valence-electron chi connectivity index (χ0n) is 13.3. The van der Waals surface area contributed by atoms with Crippen LogP contribution in [0.5, 0.6) is 0 Å². The Hall–Kier alpha value is -1.87. The number of anilines is 1. The van der Waals surface area contributed by atoms with E-state index in [-0.39, 0.29) is 0 Å². The molecule has 3 nitrogen and oxygen atoms in total. The van der Waals surface area contributed by atoms with E-state index in [9.17, 15) is 0 Å². The molecule has 0 amide bonds. The van der Waals surface area contributed by atoms with Gasteiger partial charge < -0.3 is 10.6 Å². The Labute approximate surface area is 133 Å². The molecular weight excluding hydrogens is 270 g/mol. The first kappa shape index (κ1) is 15.0. The molecule has 22 heavy (non-hydrogen) atoms. The topological polar surface area (TPSA) is 37.0 Å². The van der Waals surface area contributed by atoms with E-state index < -0.39 is 0 Å². The molecule has 0 bridgehead atoms. The molecule has 1 aromatic carbocycles. The van der Waals surface area contributed by atoms with Crippen LogP contribution < -0.4 is 10.6 Å². The molecule has 0 spiro atoms. The maximum Gasteiger partial charge on any atom is 0.0594 e. The van der Waals surface area contributed by atoms with Gasteiger partial charge in [-0.3, -0.25) is 4.98 Å². The van der Waals surface area contributed by atoms with Crippen LogP contribution in [0.15, 0.2) is 42.6 Å². The minimum atomic E-state index is 0.605. The molecule has 2 N–H and O–H groups in total. The number of hydrogen-bond acceptors (Lipinski definition) is 3. The van der Waals surface area contributed by atoms with Crippen LogP contribution in [0.2, 0.25) is 0 Å². The van der Waals surface area contributed by atoms with Gasteiger partial charge in [0.05, 0.1) is 12.2 Å². The molecule has 3 rings (SSSR count). The maximum absolute atomic E-state index is 4.39. The fourth-order valence-electron chi connectivity index (χ4n) is 3.15. The Bertz CT molecular complexity index is 587. The summed E-state index contributed by atoms with van der Waals surface area (Å²) in [5.74, 6) is 0.605. The second kappa shape index (κ2) is 7.41. The Balaban J connectivity index is 1.77. The zero-order chi connectivity index (χ0) is 15.2. The second-order valence-corrected chi connectivity index (χ2v) is 6.16. The summed E-state index contributed by atoms with van der Waals surface area (Å²) in [6.45, 7) is 5.19. The highest BCUT2D eigenvalue weighted by molar-refractivity contribution is 5.54. The molecule has 2 aromatic rings. The van der Waals surface area contributed by atoms with Crippen molar-refractivity contribution < 1.29 is 0 Å². The van der Waals surface area contributed by atoms with Crippen LogP contribution in [0, 0.1) is 6.92 Å². The van der Waals surface area contributed by atoms with Crippen molar-refractivity contribution >= 4 is 5.69 Å². The normalized spacial score (nSPS) is 18.7. The smallest absolute Gasteiger partial charge is 0.0594 e. The van der Waals surface area contributed by atoms with Crippen molar-refractivity contribution in [3.05, 3.63) is 59.4 Å². The lowest BCUT2D eigenvalue weighted by atomic mass is 9.91. The summed E-state index contributed by atoms with van der Waals surface area (Å²) in [5, 5.41) is 7.16. The third kappa shape index (κ3) is 3.86. The van der Waals surface area contributed by atoms with Gasteiger partial charge in [0.25, 0.3) is 0 Å². The first-order valence-corrected chi connectivity index (χ1v) is 8.28. The summed E-state index contributed by atoms with van der Waals surface area (Å²) < 4.78 is 0. The highest BCUT2D eigenvalue weighted by Gasteiger charge is 2.17. The quantitative estimate of drug-likeness (QED) is 0.899. The Morgan fingerprint density at radius 1 is 1.23 bits per heavy atom. The average molecular weight is 295 g/mol. The van der Waals surface area contributed by atoms with E-state index in [2.05, 4.69) is 46.8 Å². The van der Waals surface area contributed by atoms with Gasteiger partial charge in [0.2, 0.25) is 0 Å². The molecule has 1 fully saturated rings. The number of nitrogens with one attached hydrogen (secondary N) is 2. The molecule has 3 heteroatoms. The van der Waals surface area contributed by atoms with Crippen molar-refractivity contribution in [1.29, 1.82) is 0 Å². The molecule has 1 aliphatic rings. The van der Waals surface area contributed by atoms with Crippen LogP contribution in [0.3, 0.4) is 0 Å². The van der Waals surface area contributed by atoms with Crippen molar-refractivity contribution in [3.8, 4) is 0 Å². The fourth-order valence-corrected chi connectivity index (χ4v) is 3.15. The molecule has 1 atom stereocenters. The van der Waals surface area contributed by atoms with E-state index >= 15 is 0 Å². The number of rotatable bonds is 4. The molecule has 1 aliphatic heterocycles. The van der Waals surface area contributed by atoms with Gasteiger partial charge in [-0.15, -0.1) is 0 Å². The van der Waals surface area contributed by atoms with Gasteiger partial charge in [0.1, 0.15) is 0 Å². The van der Waals surface area contributed by atoms with Crippen molar-refractivity contribution in [2.24, 2.45) is 0 Å². The molecule has 0 saturated carbocycles. The predicted molar refractivity (Wildman–Crippen MR) is 92.2 cm³/mol. The molecule has 1 saturated heterocycles. The second-order valence-electron chi connectivity index (χ2n) is 6.16. The predicted octanol–water partition coefficient (Wildman–Crippen LogP) is 3.86. The van der Waals surface area contributed by atoms with Crippen LogP contribution in [0.25, 0.3) is 0 Å². The van der Waals surface area contributed by atoms with Gasteiger partial charge in [-0.1, -0.05) is 30.2 Å². The summed E-state index contributed by atoms with van der Waals surface area (Å²) in [5.41, 5.74) is 5.12. The molecule has 0 radical (unpaired) electrons. The van der Waals surface area contributed by atoms with Crippen LogP contribution in [0.4, 0.5) is 5.69 Å².